The van der Waals surface area contributed by atoms with Gasteiger partial charge in [-0.15, -0.1) is 0 Å². The SMILES string of the molecule is CCOC(=O)C(C)CNCc1ccccc1COC. The lowest BCUT2D eigenvalue weighted by atomic mass is 10.1. The van der Waals surface area contributed by atoms with Crippen LogP contribution >= 0.6 is 0 Å². The summed E-state index contributed by atoms with van der Waals surface area (Å²) in [6.07, 6.45) is 0. The molecule has 0 amide bonds. The van der Waals surface area contributed by atoms with E-state index >= 15 is 0 Å². The number of methoxy groups -OCH3 is 1. The molecule has 4 heteroatoms. The molecular weight excluding hydrogens is 242 g/mol. The van der Waals surface area contributed by atoms with Crippen molar-refractivity contribution in [1.29, 1.82) is 0 Å². The van der Waals surface area contributed by atoms with E-state index in [1.807, 2.05) is 26.0 Å². The van der Waals surface area contributed by atoms with Crippen molar-refractivity contribution in [3.05, 3.63) is 35.4 Å². The Balaban J connectivity index is 2.42. The molecule has 0 spiro atoms. The summed E-state index contributed by atoms with van der Waals surface area (Å²) in [5.74, 6) is -0.283. The molecule has 4 nitrogen and oxygen atoms in total. The summed E-state index contributed by atoms with van der Waals surface area (Å²) in [4.78, 5) is 11.5. The molecule has 0 aliphatic heterocycles. The van der Waals surface area contributed by atoms with Crippen LogP contribution in [0.3, 0.4) is 0 Å². The zero-order valence-electron chi connectivity index (χ0n) is 11.9. The number of carbonyl (C=O) groups is 1. The summed E-state index contributed by atoms with van der Waals surface area (Å²) in [6, 6.07) is 8.12. The van der Waals surface area contributed by atoms with E-state index in [1.165, 1.54) is 11.1 Å². The third-order valence-electron chi connectivity index (χ3n) is 2.87. The van der Waals surface area contributed by atoms with Crippen molar-refractivity contribution >= 4 is 5.97 Å². The van der Waals surface area contributed by atoms with Gasteiger partial charge in [0.15, 0.2) is 0 Å². The van der Waals surface area contributed by atoms with E-state index in [9.17, 15) is 4.79 Å². The van der Waals surface area contributed by atoms with Crippen molar-refractivity contribution in [2.45, 2.75) is 27.0 Å². The van der Waals surface area contributed by atoms with Crippen molar-refractivity contribution in [2.75, 3.05) is 20.3 Å². The molecule has 1 unspecified atom stereocenters. The molecular formula is C15H23NO3. The van der Waals surface area contributed by atoms with E-state index in [0.29, 0.717) is 19.8 Å². The van der Waals surface area contributed by atoms with Crippen LogP contribution in [0.5, 0.6) is 0 Å². The first-order chi connectivity index (χ1) is 9.19. The Morgan fingerprint density at radius 2 is 2.00 bits per heavy atom. The average Bonchev–Trinajstić information content (AvgIpc) is 2.41. The molecule has 106 valence electrons. The Morgan fingerprint density at radius 3 is 2.63 bits per heavy atom. The van der Waals surface area contributed by atoms with Gasteiger partial charge in [-0.1, -0.05) is 31.2 Å². The summed E-state index contributed by atoms with van der Waals surface area (Å²) in [7, 11) is 1.69. The van der Waals surface area contributed by atoms with Gasteiger partial charge in [0.25, 0.3) is 0 Å². The van der Waals surface area contributed by atoms with Gasteiger partial charge in [0, 0.05) is 20.2 Å². The Labute approximate surface area is 115 Å². The first-order valence-electron chi connectivity index (χ1n) is 6.62. The number of ether oxygens (including phenoxy) is 2. The minimum Gasteiger partial charge on any atom is -0.466 e. The molecule has 0 fully saturated rings. The predicted octanol–water partition coefficient (Wildman–Crippen LogP) is 2.12. The van der Waals surface area contributed by atoms with Crippen LogP contribution in [0.2, 0.25) is 0 Å². The van der Waals surface area contributed by atoms with Crippen LogP contribution in [-0.4, -0.2) is 26.2 Å². The van der Waals surface area contributed by atoms with Gasteiger partial charge < -0.3 is 14.8 Å². The molecule has 0 radical (unpaired) electrons. The standard InChI is InChI=1S/C15H23NO3/c1-4-19-15(17)12(2)9-16-10-13-7-5-6-8-14(13)11-18-3/h5-8,12,16H,4,9-11H2,1-3H3. The molecule has 0 saturated heterocycles. The highest BCUT2D eigenvalue weighted by Crippen LogP contribution is 2.09. The number of hydrogen-bond acceptors (Lipinski definition) is 4. The first kappa shape index (κ1) is 15.7. The minimum absolute atomic E-state index is 0.130. The van der Waals surface area contributed by atoms with Gasteiger partial charge in [-0.2, -0.15) is 0 Å². The highest BCUT2D eigenvalue weighted by molar-refractivity contribution is 5.72. The van der Waals surface area contributed by atoms with Crippen molar-refractivity contribution in [3.8, 4) is 0 Å². The van der Waals surface area contributed by atoms with E-state index in [1.54, 1.807) is 7.11 Å². The van der Waals surface area contributed by atoms with Gasteiger partial charge in [0.1, 0.15) is 0 Å². The highest BCUT2D eigenvalue weighted by atomic mass is 16.5. The molecule has 0 bridgehead atoms. The van der Waals surface area contributed by atoms with Gasteiger partial charge >= 0.3 is 5.97 Å². The molecule has 1 atom stereocenters. The van der Waals surface area contributed by atoms with Crippen LogP contribution in [0, 0.1) is 5.92 Å². The van der Waals surface area contributed by atoms with E-state index in [-0.39, 0.29) is 11.9 Å². The molecule has 0 aliphatic carbocycles. The molecule has 0 aromatic heterocycles. The van der Waals surface area contributed by atoms with Gasteiger partial charge in [-0.05, 0) is 18.1 Å². The third kappa shape index (κ3) is 5.41. The Hall–Kier alpha value is -1.39. The second-order valence-corrected chi connectivity index (χ2v) is 4.49. The van der Waals surface area contributed by atoms with Crippen LogP contribution in [0.15, 0.2) is 24.3 Å². The van der Waals surface area contributed by atoms with Crippen molar-refractivity contribution in [2.24, 2.45) is 5.92 Å². The Kier molecular flexibility index (Phi) is 7.15. The summed E-state index contributed by atoms with van der Waals surface area (Å²) < 4.78 is 10.1. The summed E-state index contributed by atoms with van der Waals surface area (Å²) >= 11 is 0. The van der Waals surface area contributed by atoms with E-state index < -0.39 is 0 Å². The van der Waals surface area contributed by atoms with Crippen molar-refractivity contribution in [1.82, 2.24) is 5.32 Å². The molecule has 1 N–H and O–H groups in total. The Bertz CT molecular complexity index is 393. The predicted molar refractivity (Wildman–Crippen MR) is 74.7 cm³/mol. The second-order valence-electron chi connectivity index (χ2n) is 4.49. The topological polar surface area (TPSA) is 47.6 Å². The van der Waals surface area contributed by atoms with Crippen molar-refractivity contribution in [3.63, 3.8) is 0 Å². The van der Waals surface area contributed by atoms with Gasteiger partial charge in [0.2, 0.25) is 0 Å². The summed E-state index contributed by atoms with van der Waals surface area (Å²) in [6.45, 7) is 6.06. The maximum absolute atomic E-state index is 11.5. The lowest BCUT2D eigenvalue weighted by Gasteiger charge is -2.13. The average molecular weight is 265 g/mol. The second kappa shape index (κ2) is 8.67. The first-order valence-corrected chi connectivity index (χ1v) is 6.62. The number of hydrogen-bond donors (Lipinski definition) is 1. The Morgan fingerprint density at radius 1 is 1.32 bits per heavy atom. The van der Waals surface area contributed by atoms with Gasteiger partial charge in [-0.3, -0.25) is 4.79 Å². The largest absolute Gasteiger partial charge is 0.466 e. The molecule has 0 aliphatic rings. The maximum atomic E-state index is 11.5. The molecule has 19 heavy (non-hydrogen) atoms. The van der Waals surface area contributed by atoms with E-state index in [4.69, 9.17) is 9.47 Å². The van der Waals surface area contributed by atoms with Crippen LogP contribution in [0.25, 0.3) is 0 Å². The zero-order valence-corrected chi connectivity index (χ0v) is 11.9. The maximum Gasteiger partial charge on any atom is 0.309 e. The fourth-order valence-electron chi connectivity index (χ4n) is 1.82. The number of benzene rings is 1. The summed E-state index contributed by atoms with van der Waals surface area (Å²) in [5.41, 5.74) is 2.36. The lowest BCUT2D eigenvalue weighted by molar-refractivity contribution is -0.147. The van der Waals surface area contributed by atoms with Crippen LogP contribution in [0.4, 0.5) is 0 Å². The van der Waals surface area contributed by atoms with E-state index in [0.717, 1.165) is 6.54 Å². The fraction of sp³-hybridized carbons (Fsp3) is 0.533. The van der Waals surface area contributed by atoms with Gasteiger partial charge in [-0.25, -0.2) is 0 Å². The lowest BCUT2D eigenvalue weighted by Crippen LogP contribution is -2.27. The summed E-state index contributed by atoms with van der Waals surface area (Å²) in [5, 5.41) is 3.28. The number of esters is 1. The quantitative estimate of drug-likeness (QED) is 0.731. The van der Waals surface area contributed by atoms with Crippen LogP contribution in [-0.2, 0) is 27.4 Å². The normalized spacial score (nSPS) is 12.2. The number of carbonyl (C=O) groups excluding carboxylic acids is 1. The van der Waals surface area contributed by atoms with E-state index in [2.05, 4.69) is 17.4 Å². The molecule has 1 aromatic carbocycles. The van der Waals surface area contributed by atoms with Crippen molar-refractivity contribution < 1.29 is 14.3 Å². The molecule has 0 saturated carbocycles. The van der Waals surface area contributed by atoms with Crippen LogP contribution < -0.4 is 5.32 Å². The zero-order chi connectivity index (χ0) is 14.1. The number of rotatable bonds is 8. The highest BCUT2D eigenvalue weighted by Gasteiger charge is 2.13. The third-order valence-corrected chi connectivity index (χ3v) is 2.87. The minimum atomic E-state index is -0.153. The molecule has 1 rings (SSSR count). The smallest absolute Gasteiger partial charge is 0.309 e. The van der Waals surface area contributed by atoms with Gasteiger partial charge in [0.05, 0.1) is 19.1 Å². The van der Waals surface area contributed by atoms with Crippen LogP contribution in [0.1, 0.15) is 25.0 Å². The monoisotopic (exact) mass is 265 g/mol. The molecule has 0 heterocycles. The fourth-order valence-corrected chi connectivity index (χ4v) is 1.82. The molecule has 1 aromatic rings. The number of nitrogens with one attached hydrogen (secondary N) is 1.